The Hall–Kier alpha value is -3.42. The summed E-state index contributed by atoms with van der Waals surface area (Å²) in [7, 11) is 1.65. The van der Waals surface area contributed by atoms with Crippen molar-refractivity contribution < 1.29 is 19.5 Å². The number of carboxylic acid groups (broad SMARTS) is 1. The molecule has 1 fully saturated rings. The van der Waals surface area contributed by atoms with Gasteiger partial charge in [-0.25, -0.2) is 0 Å². The molecule has 2 aliphatic rings. The molecular weight excluding hydrogens is 396 g/mol. The van der Waals surface area contributed by atoms with E-state index < -0.39 is 12.0 Å². The number of aliphatic carboxylic acids is 1. The first kappa shape index (κ1) is 20.8. The normalized spacial score (nSPS) is 19.4. The van der Waals surface area contributed by atoms with Crippen molar-refractivity contribution in [1.82, 2.24) is 14.8 Å². The molecule has 0 radical (unpaired) electrons. The zero-order chi connectivity index (χ0) is 22.0. The monoisotopic (exact) mass is 422 g/mol. The number of carbonyl (C=O) groups excluding carboxylic acids is 2. The molecule has 2 aromatic rings. The summed E-state index contributed by atoms with van der Waals surface area (Å²) in [6.07, 6.45) is 5.14. The van der Waals surface area contributed by atoms with Crippen LogP contribution in [0.2, 0.25) is 0 Å². The molecule has 2 amide bonds. The number of pyridine rings is 1. The Bertz CT molecular complexity index is 986. The number of hydrogen-bond donors (Lipinski definition) is 2. The number of benzene rings is 1. The molecule has 8 heteroatoms. The Kier molecular flexibility index (Phi) is 5.88. The molecule has 0 aliphatic carbocycles. The van der Waals surface area contributed by atoms with Crippen molar-refractivity contribution in [2.24, 2.45) is 0 Å². The summed E-state index contributed by atoms with van der Waals surface area (Å²) in [5.41, 5.74) is 3.35. The van der Waals surface area contributed by atoms with Gasteiger partial charge in [-0.2, -0.15) is 0 Å². The summed E-state index contributed by atoms with van der Waals surface area (Å²) < 4.78 is 0. The summed E-state index contributed by atoms with van der Waals surface area (Å²) in [5, 5.41) is 12.1. The highest BCUT2D eigenvalue weighted by Gasteiger charge is 2.30. The van der Waals surface area contributed by atoms with E-state index >= 15 is 0 Å². The van der Waals surface area contributed by atoms with Crippen LogP contribution >= 0.6 is 0 Å². The number of likely N-dealkylation sites (tertiary alicyclic amines) is 1. The Morgan fingerprint density at radius 3 is 2.55 bits per heavy atom. The number of rotatable bonds is 4. The van der Waals surface area contributed by atoms with Crippen LogP contribution in [-0.2, 0) is 16.1 Å². The molecule has 0 bridgehead atoms. The highest BCUT2D eigenvalue weighted by molar-refractivity contribution is 5.96. The third-order valence-electron chi connectivity index (χ3n) is 6.10. The first-order valence-electron chi connectivity index (χ1n) is 10.5. The zero-order valence-electron chi connectivity index (χ0n) is 17.5. The fraction of sp³-hybridized carbons (Fsp3) is 0.391. The molecule has 1 aromatic carbocycles. The van der Waals surface area contributed by atoms with Gasteiger partial charge >= 0.3 is 5.97 Å². The van der Waals surface area contributed by atoms with E-state index in [1.54, 1.807) is 31.6 Å². The minimum Gasteiger partial charge on any atom is -0.481 e. The first-order valence-corrected chi connectivity index (χ1v) is 10.5. The number of hydrogen-bond acceptors (Lipinski definition) is 5. The largest absolute Gasteiger partial charge is 0.481 e. The van der Waals surface area contributed by atoms with Crippen molar-refractivity contribution in [2.45, 2.75) is 37.8 Å². The number of fused-ring (bicyclic) bond motifs is 1. The number of carbonyl (C=O) groups is 3. The van der Waals surface area contributed by atoms with Crippen LogP contribution in [0.1, 0.15) is 46.7 Å². The fourth-order valence-electron chi connectivity index (χ4n) is 4.39. The maximum absolute atomic E-state index is 13.1. The van der Waals surface area contributed by atoms with E-state index in [1.807, 2.05) is 23.1 Å². The summed E-state index contributed by atoms with van der Waals surface area (Å²) in [5.74, 6) is -0.889. The molecule has 1 atom stereocenters. The summed E-state index contributed by atoms with van der Waals surface area (Å²) in [4.78, 5) is 44.2. The summed E-state index contributed by atoms with van der Waals surface area (Å²) in [6.45, 7) is 1.71. The number of aromatic nitrogens is 1. The van der Waals surface area contributed by atoms with Gasteiger partial charge in [0.1, 0.15) is 6.04 Å². The van der Waals surface area contributed by atoms with Gasteiger partial charge in [0.15, 0.2) is 0 Å². The van der Waals surface area contributed by atoms with E-state index in [9.17, 15) is 14.4 Å². The molecule has 31 heavy (non-hydrogen) atoms. The van der Waals surface area contributed by atoms with Crippen molar-refractivity contribution in [2.75, 3.05) is 25.5 Å². The minimum atomic E-state index is -1.04. The number of amides is 2. The van der Waals surface area contributed by atoms with Crippen LogP contribution in [0.25, 0.3) is 0 Å². The molecule has 1 aromatic heterocycles. The van der Waals surface area contributed by atoms with Gasteiger partial charge < -0.3 is 20.2 Å². The van der Waals surface area contributed by atoms with Gasteiger partial charge in [-0.15, -0.1) is 0 Å². The van der Waals surface area contributed by atoms with Crippen LogP contribution in [0.4, 0.5) is 5.69 Å². The minimum absolute atomic E-state index is 0.0173. The first-order chi connectivity index (χ1) is 14.9. The van der Waals surface area contributed by atoms with Gasteiger partial charge in [0, 0.05) is 50.3 Å². The van der Waals surface area contributed by atoms with Crippen LogP contribution in [0.5, 0.6) is 0 Å². The number of piperidine rings is 1. The van der Waals surface area contributed by atoms with Crippen molar-refractivity contribution in [3.63, 3.8) is 0 Å². The smallest absolute Gasteiger partial charge is 0.305 e. The number of anilines is 1. The molecule has 0 spiro atoms. The number of nitrogens with one attached hydrogen (secondary N) is 1. The third kappa shape index (κ3) is 4.52. The molecule has 2 N–H and O–H groups in total. The number of nitrogens with zero attached hydrogens (tertiary/aromatic N) is 3. The van der Waals surface area contributed by atoms with Crippen molar-refractivity contribution in [3.05, 3.63) is 59.4 Å². The van der Waals surface area contributed by atoms with E-state index in [2.05, 4.69) is 10.3 Å². The van der Waals surface area contributed by atoms with Crippen LogP contribution in [-0.4, -0.2) is 63.9 Å². The summed E-state index contributed by atoms with van der Waals surface area (Å²) in [6, 6.07) is 8.59. The Morgan fingerprint density at radius 1 is 1.16 bits per heavy atom. The maximum Gasteiger partial charge on any atom is 0.305 e. The average Bonchev–Trinajstić information content (AvgIpc) is 2.89. The molecule has 0 saturated carbocycles. The second kappa shape index (κ2) is 8.75. The number of likely N-dealkylation sites (N-methyl/N-ethyl adjacent to an activating group) is 1. The summed E-state index contributed by atoms with van der Waals surface area (Å²) >= 11 is 0. The Balaban J connectivity index is 1.47. The molecule has 2 aliphatic heterocycles. The highest BCUT2D eigenvalue weighted by atomic mass is 16.4. The van der Waals surface area contributed by atoms with E-state index in [4.69, 9.17) is 5.11 Å². The van der Waals surface area contributed by atoms with Gasteiger partial charge in [0.2, 0.25) is 5.91 Å². The number of carboxylic acids is 1. The quantitative estimate of drug-likeness (QED) is 0.784. The Morgan fingerprint density at radius 2 is 1.87 bits per heavy atom. The van der Waals surface area contributed by atoms with Gasteiger partial charge in [0.25, 0.3) is 5.91 Å². The lowest BCUT2D eigenvalue weighted by atomic mass is 9.90. The lowest BCUT2D eigenvalue weighted by Crippen LogP contribution is -2.39. The Labute approximate surface area is 180 Å². The molecule has 0 unspecified atom stereocenters. The lowest BCUT2D eigenvalue weighted by molar-refractivity contribution is -0.141. The standard InChI is InChI=1S/C23H26N4O4/c1-26-14-18-12-17(2-3-19(18)25-20(23(26)31)13-21(28)29)22(30)27-10-6-16(7-11-27)15-4-8-24-9-5-15/h2-5,8-9,12,16,20,25H,6-7,10-11,13-14H2,1H3,(H,28,29)/t20-/m0/s1. The topological polar surface area (TPSA) is 103 Å². The maximum atomic E-state index is 13.1. The van der Waals surface area contributed by atoms with Gasteiger partial charge in [-0.3, -0.25) is 19.4 Å². The highest BCUT2D eigenvalue weighted by Crippen LogP contribution is 2.29. The lowest BCUT2D eigenvalue weighted by Gasteiger charge is -2.32. The van der Waals surface area contributed by atoms with E-state index in [1.165, 1.54) is 10.5 Å². The molecule has 8 nitrogen and oxygen atoms in total. The van der Waals surface area contributed by atoms with E-state index in [-0.39, 0.29) is 18.2 Å². The molecule has 162 valence electrons. The van der Waals surface area contributed by atoms with Gasteiger partial charge in [-0.1, -0.05) is 0 Å². The molecular formula is C23H26N4O4. The van der Waals surface area contributed by atoms with Gasteiger partial charge in [0.05, 0.1) is 6.42 Å². The molecule has 4 rings (SSSR count). The second-order valence-electron chi connectivity index (χ2n) is 8.21. The zero-order valence-corrected chi connectivity index (χ0v) is 17.5. The predicted molar refractivity (Wildman–Crippen MR) is 115 cm³/mol. The van der Waals surface area contributed by atoms with Crippen LogP contribution < -0.4 is 5.32 Å². The average molecular weight is 422 g/mol. The second-order valence-corrected chi connectivity index (χ2v) is 8.21. The van der Waals surface area contributed by atoms with Crippen molar-refractivity contribution in [3.8, 4) is 0 Å². The van der Waals surface area contributed by atoms with E-state index in [0.29, 0.717) is 36.8 Å². The third-order valence-corrected chi connectivity index (χ3v) is 6.10. The predicted octanol–water partition coefficient (Wildman–Crippen LogP) is 2.33. The molecule has 1 saturated heterocycles. The van der Waals surface area contributed by atoms with Crippen molar-refractivity contribution >= 4 is 23.5 Å². The van der Waals surface area contributed by atoms with Crippen molar-refractivity contribution in [1.29, 1.82) is 0 Å². The molecule has 3 heterocycles. The van der Waals surface area contributed by atoms with Crippen LogP contribution in [0.15, 0.2) is 42.7 Å². The fourth-order valence-corrected chi connectivity index (χ4v) is 4.39. The van der Waals surface area contributed by atoms with Crippen LogP contribution in [0, 0.1) is 0 Å². The SMILES string of the molecule is CN1Cc2cc(C(=O)N3CCC(c4ccncc4)CC3)ccc2N[C@@H](CC(=O)O)C1=O. The van der Waals surface area contributed by atoms with Gasteiger partial charge in [-0.05, 0) is 60.2 Å². The van der Waals surface area contributed by atoms with E-state index in [0.717, 1.165) is 18.4 Å². The van der Waals surface area contributed by atoms with Crippen LogP contribution in [0.3, 0.4) is 0 Å².